The van der Waals surface area contributed by atoms with Gasteiger partial charge in [-0.1, -0.05) is 32.9 Å². The summed E-state index contributed by atoms with van der Waals surface area (Å²) in [5.74, 6) is -0.856. The van der Waals surface area contributed by atoms with E-state index in [9.17, 15) is 4.79 Å². The summed E-state index contributed by atoms with van der Waals surface area (Å²) < 4.78 is 0. The van der Waals surface area contributed by atoms with E-state index in [2.05, 4.69) is 44.4 Å². The highest BCUT2D eigenvalue weighted by molar-refractivity contribution is 5.87. The van der Waals surface area contributed by atoms with Crippen LogP contribution in [0.25, 0.3) is 0 Å². The molecule has 0 atom stereocenters. The van der Waals surface area contributed by atoms with Crippen molar-refractivity contribution in [3.05, 3.63) is 35.4 Å². The van der Waals surface area contributed by atoms with E-state index >= 15 is 0 Å². The fourth-order valence-corrected chi connectivity index (χ4v) is 3.98. The standard InChI is InChI=1S/C20H32N2O2/c1-19(2,3)15-20(4,5)22-11-9-21(10-12-22)14-16-7-6-8-17(13-16)18(23)24/h6-8,13H,9-12,14-15H2,1-5H3,(H,23,24). The van der Waals surface area contributed by atoms with Gasteiger partial charge < -0.3 is 5.11 Å². The van der Waals surface area contributed by atoms with Crippen LogP contribution in [0.2, 0.25) is 0 Å². The van der Waals surface area contributed by atoms with Crippen LogP contribution in [0.5, 0.6) is 0 Å². The Labute approximate surface area is 146 Å². The minimum atomic E-state index is -0.856. The van der Waals surface area contributed by atoms with E-state index in [1.54, 1.807) is 12.1 Å². The highest BCUT2D eigenvalue weighted by Gasteiger charge is 2.33. The molecule has 1 saturated heterocycles. The zero-order chi connectivity index (χ0) is 18.0. The van der Waals surface area contributed by atoms with Gasteiger partial charge in [0.1, 0.15) is 0 Å². The molecule has 1 aliphatic heterocycles. The fourth-order valence-electron chi connectivity index (χ4n) is 3.98. The number of carboxylic acid groups (broad SMARTS) is 1. The van der Waals surface area contributed by atoms with Crippen molar-refractivity contribution >= 4 is 5.97 Å². The number of piperazine rings is 1. The highest BCUT2D eigenvalue weighted by atomic mass is 16.4. The van der Waals surface area contributed by atoms with Crippen molar-refractivity contribution < 1.29 is 9.90 Å². The van der Waals surface area contributed by atoms with Crippen LogP contribution in [-0.4, -0.2) is 52.6 Å². The maximum Gasteiger partial charge on any atom is 0.335 e. The third kappa shape index (κ3) is 5.32. The van der Waals surface area contributed by atoms with Crippen LogP contribution < -0.4 is 0 Å². The molecule has 0 radical (unpaired) electrons. The Morgan fingerprint density at radius 3 is 2.25 bits per heavy atom. The summed E-state index contributed by atoms with van der Waals surface area (Å²) in [5.41, 5.74) is 2.00. The van der Waals surface area contributed by atoms with Crippen LogP contribution in [0.4, 0.5) is 0 Å². The predicted octanol–water partition coefficient (Wildman–Crippen LogP) is 3.72. The summed E-state index contributed by atoms with van der Waals surface area (Å²) in [6, 6.07) is 7.29. The third-order valence-corrected chi connectivity index (χ3v) is 4.77. The lowest BCUT2D eigenvalue weighted by Gasteiger charge is -2.46. The summed E-state index contributed by atoms with van der Waals surface area (Å²) in [7, 11) is 0. The zero-order valence-corrected chi connectivity index (χ0v) is 15.8. The summed E-state index contributed by atoms with van der Waals surface area (Å²) >= 11 is 0. The van der Waals surface area contributed by atoms with E-state index in [4.69, 9.17) is 5.11 Å². The highest BCUT2D eigenvalue weighted by Crippen LogP contribution is 2.31. The Kier molecular flexibility index (Phi) is 5.71. The molecular formula is C20H32N2O2. The van der Waals surface area contributed by atoms with Crippen molar-refractivity contribution in [2.24, 2.45) is 5.41 Å². The number of rotatable bonds is 5. The monoisotopic (exact) mass is 332 g/mol. The minimum absolute atomic E-state index is 0.216. The second-order valence-electron chi connectivity index (χ2n) is 8.82. The Hall–Kier alpha value is -1.39. The van der Waals surface area contributed by atoms with Crippen molar-refractivity contribution in [2.45, 2.75) is 53.1 Å². The quantitative estimate of drug-likeness (QED) is 0.892. The molecule has 0 aromatic heterocycles. The van der Waals surface area contributed by atoms with Crippen LogP contribution in [0.1, 0.15) is 57.0 Å². The average molecular weight is 332 g/mol. The third-order valence-electron chi connectivity index (χ3n) is 4.77. The van der Waals surface area contributed by atoms with Crippen molar-refractivity contribution in [1.82, 2.24) is 9.80 Å². The molecule has 1 aliphatic rings. The first kappa shape index (κ1) is 18.9. The molecule has 134 valence electrons. The molecule has 4 nitrogen and oxygen atoms in total. The smallest absolute Gasteiger partial charge is 0.335 e. The molecule has 0 spiro atoms. The second kappa shape index (κ2) is 7.24. The number of carbonyl (C=O) groups is 1. The molecule has 1 fully saturated rings. The number of benzene rings is 1. The molecule has 1 heterocycles. The largest absolute Gasteiger partial charge is 0.478 e. The van der Waals surface area contributed by atoms with Crippen molar-refractivity contribution in [3.63, 3.8) is 0 Å². The van der Waals surface area contributed by atoms with Gasteiger partial charge in [-0.05, 0) is 43.4 Å². The topological polar surface area (TPSA) is 43.8 Å². The van der Waals surface area contributed by atoms with Crippen molar-refractivity contribution in [3.8, 4) is 0 Å². The number of hydrogen-bond donors (Lipinski definition) is 1. The van der Waals surface area contributed by atoms with Crippen LogP contribution >= 0.6 is 0 Å². The molecule has 24 heavy (non-hydrogen) atoms. The van der Waals surface area contributed by atoms with Crippen molar-refractivity contribution in [1.29, 1.82) is 0 Å². The molecule has 1 aromatic carbocycles. The minimum Gasteiger partial charge on any atom is -0.478 e. The van der Waals surface area contributed by atoms with E-state index in [-0.39, 0.29) is 5.54 Å². The predicted molar refractivity (Wildman–Crippen MR) is 98.4 cm³/mol. The molecule has 0 bridgehead atoms. The van der Waals surface area contributed by atoms with Gasteiger partial charge in [0.2, 0.25) is 0 Å². The first-order chi connectivity index (χ1) is 11.1. The van der Waals surface area contributed by atoms with Gasteiger partial charge in [-0.3, -0.25) is 9.80 Å². The van der Waals surface area contributed by atoms with E-state index < -0.39 is 5.97 Å². The van der Waals surface area contributed by atoms with Crippen LogP contribution in [-0.2, 0) is 6.54 Å². The lowest BCUT2D eigenvalue weighted by atomic mass is 9.80. The second-order valence-corrected chi connectivity index (χ2v) is 8.82. The van der Waals surface area contributed by atoms with E-state index in [0.29, 0.717) is 11.0 Å². The van der Waals surface area contributed by atoms with Gasteiger partial charge in [-0.2, -0.15) is 0 Å². The average Bonchev–Trinajstić information content (AvgIpc) is 2.45. The fraction of sp³-hybridized carbons (Fsp3) is 0.650. The van der Waals surface area contributed by atoms with E-state index in [0.717, 1.165) is 38.3 Å². The molecule has 2 rings (SSSR count). The molecule has 0 amide bonds. The maximum absolute atomic E-state index is 11.1. The Balaban J connectivity index is 1.91. The van der Waals surface area contributed by atoms with Crippen LogP contribution in [0, 0.1) is 5.41 Å². The lowest BCUT2D eigenvalue weighted by Crippen LogP contribution is -2.55. The SMILES string of the molecule is CC(C)(C)CC(C)(C)N1CCN(Cc2cccc(C(=O)O)c2)CC1. The van der Waals surface area contributed by atoms with Gasteiger partial charge in [0.05, 0.1) is 5.56 Å². The first-order valence-corrected chi connectivity index (χ1v) is 8.86. The first-order valence-electron chi connectivity index (χ1n) is 8.86. The van der Waals surface area contributed by atoms with Gasteiger partial charge in [0.25, 0.3) is 0 Å². The van der Waals surface area contributed by atoms with Gasteiger partial charge in [0, 0.05) is 38.3 Å². The number of aromatic carboxylic acids is 1. The van der Waals surface area contributed by atoms with Crippen molar-refractivity contribution in [2.75, 3.05) is 26.2 Å². The molecule has 1 aromatic rings. The molecule has 1 N–H and O–H groups in total. The lowest BCUT2D eigenvalue weighted by molar-refractivity contribution is 0.0261. The normalized spacial score (nSPS) is 17.9. The van der Waals surface area contributed by atoms with Gasteiger partial charge in [-0.15, -0.1) is 0 Å². The van der Waals surface area contributed by atoms with Crippen LogP contribution in [0.3, 0.4) is 0 Å². The summed E-state index contributed by atoms with van der Waals surface area (Å²) in [5, 5.41) is 9.11. The van der Waals surface area contributed by atoms with Gasteiger partial charge >= 0.3 is 5.97 Å². The van der Waals surface area contributed by atoms with E-state index in [1.165, 1.54) is 6.42 Å². The molecule has 0 saturated carbocycles. The Morgan fingerprint density at radius 2 is 1.71 bits per heavy atom. The number of hydrogen-bond acceptors (Lipinski definition) is 3. The number of carboxylic acids is 1. The molecule has 0 unspecified atom stereocenters. The molecule has 0 aliphatic carbocycles. The Morgan fingerprint density at radius 1 is 1.08 bits per heavy atom. The number of nitrogens with zero attached hydrogens (tertiary/aromatic N) is 2. The molecule has 4 heteroatoms. The van der Waals surface area contributed by atoms with Gasteiger partial charge in [-0.25, -0.2) is 4.79 Å². The van der Waals surface area contributed by atoms with E-state index in [1.807, 2.05) is 12.1 Å². The van der Waals surface area contributed by atoms with Crippen LogP contribution in [0.15, 0.2) is 24.3 Å². The summed E-state index contributed by atoms with van der Waals surface area (Å²) in [6.07, 6.45) is 1.18. The summed E-state index contributed by atoms with van der Waals surface area (Å²) in [6.45, 7) is 16.7. The molecular weight excluding hydrogens is 300 g/mol. The van der Waals surface area contributed by atoms with Gasteiger partial charge in [0.15, 0.2) is 0 Å². The Bertz CT molecular complexity index is 567. The summed E-state index contributed by atoms with van der Waals surface area (Å²) in [4.78, 5) is 16.1. The zero-order valence-electron chi connectivity index (χ0n) is 15.8. The maximum atomic E-state index is 11.1.